The van der Waals surface area contributed by atoms with Crippen LogP contribution in [-0.4, -0.2) is 34.4 Å². The number of hydrogen-bond acceptors (Lipinski definition) is 3. The third-order valence-corrected chi connectivity index (χ3v) is 5.28. The van der Waals surface area contributed by atoms with E-state index in [-0.39, 0.29) is 12.0 Å². The molecule has 0 heterocycles. The van der Waals surface area contributed by atoms with Crippen molar-refractivity contribution < 1.29 is 15.0 Å². The highest BCUT2D eigenvalue weighted by molar-refractivity contribution is 5.70. The van der Waals surface area contributed by atoms with Gasteiger partial charge in [-0.3, -0.25) is 4.79 Å². The minimum atomic E-state index is -0.672. The normalized spacial score (nSPS) is 32.8. The predicted octanol–water partition coefficient (Wildman–Crippen LogP) is 2.55. The summed E-state index contributed by atoms with van der Waals surface area (Å²) in [5.74, 6) is -0.879. The lowest BCUT2D eigenvalue weighted by molar-refractivity contribution is -0.143. The van der Waals surface area contributed by atoms with E-state index in [1.54, 1.807) is 0 Å². The predicted molar refractivity (Wildman–Crippen MR) is 78.6 cm³/mol. The van der Waals surface area contributed by atoms with Gasteiger partial charge in [-0.15, -0.1) is 0 Å². The molecule has 0 amide bonds. The van der Waals surface area contributed by atoms with E-state index in [2.05, 4.69) is 19.2 Å². The molecule has 0 aliphatic heterocycles. The molecule has 2 aliphatic carbocycles. The number of carboxylic acid groups (broad SMARTS) is 1. The van der Waals surface area contributed by atoms with E-state index in [1.807, 2.05) is 0 Å². The molecule has 2 saturated carbocycles. The van der Waals surface area contributed by atoms with Crippen LogP contribution >= 0.6 is 0 Å². The first-order valence-electron chi connectivity index (χ1n) is 7.98. The molecule has 20 heavy (non-hydrogen) atoms. The number of aliphatic carboxylic acids is 1. The van der Waals surface area contributed by atoms with Crippen LogP contribution in [0, 0.1) is 11.3 Å². The Balaban J connectivity index is 1.78. The molecule has 2 atom stereocenters. The molecule has 4 heteroatoms. The number of aliphatic hydroxyl groups is 1. The zero-order valence-electron chi connectivity index (χ0n) is 12.8. The van der Waals surface area contributed by atoms with Gasteiger partial charge in [-0.25, -0.2) is 0 Å². The molecule has 116 valence electrons. The fraction of sp³-hybridized carbons (Fsp3) is 0.938. The van der Waals surface area contributed by atoms with Crippen LogP contribution in [-0.2, 0) is 4.79 Å². The highest BCUT2D eigenvalue weighted by Crippen LogP contribution is 2.40. The zero-order valence-corrected chi connectivity index (χ0v) is 12.8. The lowest BCUT2D eigenvalue weighted by Crippen LogP contribution is -2.49. The van der Waals surface area contributed by atoms with Gasteiger partial charge in [0.2, 0.25) is 0 Å². The fourth-order valence-corrected chi connectivity index (χ4v) is 3.50. The molecule has 0 saturated heterocycles. The van der Waals surface area contributed by atoms with Gasteiger partial charge in [0.15, 0.2) is 0 Å². The molecule has 2 rings (SSSR count). The van der Waals surface area contributed by atoms with E-state index >= 15 is 0 Å². The van der Waals surface area contributed by atoms with Crippen molar-refractivity contribution in [2.75, 3.05) is 6.54 Å². The quantitative estimate of drug-likeness (QED) is 0.741. The van der Waals surface area contributed by atoms with Gasteiger partial charge in [-0.2, -0.15) is 0 Å². The molecule has 2 aliphatic rings. The monoisotopic (exact) mass is 283 g/mol. The van der Waals surface area contributed by atoms with Crippen LogP contribution in [0.3, 0.4) is 0 Å². The van der Waals surface area contributed by atoms with E-state index in [1.165, 1.54) is 0 Å². The second kappa shape index (κ2) is 6.02. The van der Waals surface area contributed by atoms with Crippen molar-refractivity contribution in [2.45, 2.75) is 76.9 Å². The zero-order chi connectivity index (χ0) is 14.8. The second-order valence-corrected chi connectivity index (χ2v) is 7.67. The molecular weight excluding hydrogens is 254 g/mol. The molecule has 0 bridgehead atoms. The van der Waals surface area contributed by atoms with E-state index < -0.39 is 11.6 Å². The second-order valence-electron chi connectivity index (χ2n) is 7.67. The molecule has 2 fully saturated rings. The highest BCUT2D eigenvalue weighted by Gasteiger charge is 2.37. The van der Waals surface area contributed by atoms with Crippen molar-refractivity contribution in [2.24, 2.45) is 11.3 Å². The van der Waals surface area contributed by atoms with Crippen molar-refractivity contribution >= 4 is 5.97 Å². The summed E-state index contributed by atoms with van der Waals surface area (Å²) in [6, 6.07) is 0.254. The van der Waals surface area contributed by atoms with E-state index in [4.69, 9.17) is 5.11 Å². The standard InChI is InChI=1S/C16H29NO3/c1-15(2)6-8-16(20,9-7-15)11-17-13-5-3-4-12(10-13)14(18)19/h12-13,17,20H,3-11H2,1-2H3,(H,18,19). The van der Waals surface area contributed by atoms with Gasteiger partial charge in [-0.1, -0.05) is 20.3 Å². The maximum absolute atomic E-state index is 11.1. The summed E-state index contributed by atoms with van der Waals surface area (Å²) in [5.41, 5.74) is -0.239. The van der Waals surface area contributed by atoms with Crippen molar-refractivity contribution in [1.82, 2.24) is 5.32 Å². The number of hydrogen-bond donors (Lipinski definition) is 3. The summed E-state index contributed by atoms with van der Waals surface area (Å²) in [5, 5.41) is 23.2. The number of rotatable bonds is 4. The number of carbonyl (C=O) groups is 1. The van der Waals surface area contributed by atoms with Gasteiger partial charge < -0.3 is 15.5 Å². The van der Waals surface area contributed by atoms with Crippen LogP contribution < -0.4 is 5.32 Å². The third kappa shape index (κ3) is 4.19. The SMILES string of the molecule is CC1(C)CCC(O)(CNC2CCCC(C(=O)O)C2)CC1. The Kier molecular flexibility index (Phi) is 4.75. The third-order valence-electron chi connectivity index (χ3n) is 5.28. The lowest BCUT2D eigenvalue weighted by atomic mass is 9.71. The highest BCUT2D eigenvalue weighted by atomic mass is 16.4. The first-order chi connectivity index (χ1) is 9.30. The van der Waals surface area contributed by atoms with Crippen molar-refractivity contribution in [3.63, 3.8) is 0 Å². The lowest BCUT2D eigenvalue weighted by Gasteiger charge is -2.41. The number of carboxylic acids is 1. The molecule has 0 aromatic heterocycles. The molecular formula is C16H29NO3. The summed E-state index contributed by atoms with van der Waals surface area (Å²) in [7, 11) is 0. The topological polar surface area (TPSA) is 69.6 Å². The fourth-order valence-electron chi connectivity index (χ4n) is 3.50. The van der Waals surface area contributed by atoms with E-state index in [9.17, 15) is 9.90 Å². The molecule has 0 aromatic rings. The molecule has 0 spiro atoms. The summed E-state index contributed by atoms with van der Waals surface area (Å²) in [6.07, 6.45) is 7.33. The molecule has 2 unspecified atom stereocenters. The van der Waals surface area contributed by atoms with Crippen LogP contribution in [0.4, 0.5) is 0 Å². The average Bonchev–Trinajstić information content (AvgIpc) is 2.41. The summed E-state index contributed by atoms with van der Waals surface area (Å²) in [4.78, 5) is 11.1. The Morgan fingerprint density at radius 1 is 1.20 bits per heavy atom. The Bertz CT molecular complexity index is 344. The first-order valence-corrected chi connectivity index (χ1v) is 7.98. The van der Waals surface area contributed by atoms with Crippen molar-refractivity contribution in [3.05, 3.63) is 0 Å². The first kappa shape index (κ1) is 15.8. The largest absolute Gasteiger partial charge is 0.481 e. The van der Waals surface area contributed by atoms with Gasteiger partial charge in [0, 0.05) is 12.6 Å². The Hall–Kier alpha value is -0.610. The summed E-state index contributed by atoms with van der Waals surface area (Å²) >= 11 is 0. The van der Waals surface area contributed by atoms with Crippen molar-refractivity contribution in [1.29, 1.82) is 0 Å². The van der Waals surface area contributed by atoms with Gasteiger partial charge >= 0.3 is 5.97 Å². The molecule has 0 aromatic carbocycles. The van der Waals surface area contributed by atoms with Gasteiger partial charge in [0.25, 0.3) is 0 Å². The van der Waals surface area contributed by atoms with Gasteiger partial charge in [0.1, 0.15) is 0 Å². The molecule has 0 radical (unpaired) electrons. The van der Waals surface area contributed by atoms with Crippen LogP contribution in [0.25, 0.3) is 0 Å². The van der Waals surface area contributed by atoms with Gasteiger partial charge in [0.05, 0.1) is 11.5 Å². The Morgan fingerprint density at radius 2 is 1.85 bits per heavy atom. The van der Waals surface area contributed by atoms with E-state index in [0.717, 1.165) is 44.9 Å². The van der Waals surface area contributed by atoms with Crippen LogP contribution in [0.1, 0.15) is 65.2 Å². The smallest absolute Gasteiger partial charge is 0.306 e. The summed E-state index contributed by atoms with van der Waals surface area (Å²) < 4.78 is 0. The maximum Gasteiger partial charge on any atom is 0.306 e. The van der Waals surface area contributed by atoms with Crippen LogP contribution in [0.2, 0.25) is 0 Å². The average molecular weight is 283 g/mol. The molecule has 4 nitrogen and oxygen atoms in total. The van der Waals surface area contributed by atoms with Crippen LogP contribution in [0.5, 0.6) is 0 Å². The summed E-state index contributed by atoms with van der Waals surface area (Å²) in [6.45, 7) is 5.14. The minimum Gasteiger partial charge on any atom is -0.481 e. The van der Waals surface area contributed by atoms with Crippen molar-refractivity contribution in [3.8, 4) is 0 Å². The van der Waals surface area contributed by atoms with Crippen LogP contribution in [0.15, 0.2) is 0 Å². The van der Waals surface area contributed by atoms with E-state index in [0.29, 0.717) is 18.4 Å². The number of nitrogens with one attached hydrogen (secondary N) is 1. The molecule has 3 N–H and O–H groups in total. The Morgan fingerprint density at radius 3 is 2.45 bits per heavy atom. The Labute approximate surface area is 122 Å². The van der Waals surface area contributed by atoms with Gasteiger partial charge in [-0.05, 0) is 50.4 Å². The minimum absolute atomic E-state index is 0.207. The maximum atomic E-state index is 11.1.